The van der Waals surface area contributed by atoms with Gasteiger partial charge in [-0.1, -0.05) is 70.5 Å². The second-order valence-corrected chi connectivity index (χ2v) is 7.01. The molecule has 0 aliphatic carbocycles. The van der Waals surface area contributed by atoms with Gasteiger partial charge < -0.3 is 9.42 Å². The second kappa shape index (κ2) is 6.97. The summed E-state index contributed by atoms with van der Waals surface area (Å²) in [5.74, 6) is 0.496. The lowest BCUT2D eigenvalue weighted by Crippen LogP contribution is -2.40. The van der Waals surface area contributed by atoms with Crippen LogP contribution in [0.2, 0.25) is 0 Å². The SMILES string of the molecule is Cc1cccc(CN2CCn3nnc(-c4nc(-c5ccccc5)no4)c3C2=O)c1. The lowest BCUT2D eigenvalue weighted by molar-refractivity contribution is 0.0684. The summed E-state index contributed by atoms with van der Waals surface area (Å²) in [6.07, 6.45) is 0. The Morgan fingerprint density at radius 2 is 1.93 bits per heavy atom. The molecule has 8 nitrogen and oxygen atoms in total. The predicted molar refractivity (Wildman–Crippen MR) is 105 cm³/mol. The number of fused-ring (bicyclic) bond motifs is 1. The number of hydrogen-bond donors (Lipinski definition) is 0. The van der Waals surface area contributed by atoms with Gasteiger partial charge in [0.1, 0.15) is 0 Å². The highest BCUT2D eigenvalue weighted by molar-refractivity contribution is 5.98. The van der Waals surface area contributed by atoms with Crippen molar-refractivity contribution in [2.24, 2.45) is 0 Å². The van der Waals surface area contributed by atoms with Gasteiger partial charge in [-0.3, -0.25) is 4.79 Å². The highest BCUT2D eigenvalue weighted by Crippen LogP contribution is 2.26. The molecule has 0 saturated carbocycles. The summed E-state index contributed by atoms with van der Waals surface area (Å²) in [6.45, 7) is 3.71. The monoisotopic (exact) mass is 386 g/mol. The summed E-state index contributed by atoms with van der Waals surface area (Å²) < 4.78 is 7.01. The fraction of sp³-hybridized carbons (Fsp3) is 0.190. The van der Waals surface area contributed by atoms with Gasteiger partial charge in [0.2, 0.25) is 5.82 Å². The van der Waals surface area contributed by atoms with Gasteiger partial charge in [-0.2, -0.15) is 4.98 Å². The molecule has 0 atom stereocenters. The molecule has 0 N–H and O–H groups in total. The van der Waals surface area contributed by atoms with E-state index in [0.29, 0.717) is 36.8 Å². The van der Waals surface area contributed by atoms with Crippen molar-refractivity contribution in [3.8, 4) is 23.0 Å². The number of rotatable bonds is 4. The van der Waals surface area contributed by atoms with Gasteiger partial charge in [0.05, 0.1) is 6.54 Å². The van der Waals surface area contributed by atoms with Gasteiger partial charge in [-0.25, -0.2) is 4.68 Å². The van der Waals surface area contributed by atoms with E-state index < -0.39 is 0 Å². The number of hydrogen-bond acceptors (Lipinski definition) is 6. The van der Waals surface area contributed by atoms with E-state index in [1.165, 1.54) is 5.56 Å². The van der Waals surface area contributed by atoms with Crippen molar-refractivity contribution >= 4 is 5.91 Å². The molecule has 1 aliphatic heterocycles. The van der Waals surface area contributed by atoms with Crippen LogP contribution in [0.5, 0.6) is 0 Å². The van der Waals surface area contributed by atoms with E-state index in [0.717, 1.165) is 11.1 Å². The Morgan fingerprint density at radius 3 is 2.76 bits per heavy atom. The normalized spacial score (nSPS) is 13.6. The number of carbonyl (C=O) groups is 1. The van der Waals surface area contributed by atoms with Crippen molar-refractivity contribution in [1.29, 1.82) is 0 Å². The topological polar surface area (TPSA) is 89.9 Å². The number of nitrogens with zero attached hydrogens (tertiary/aromatic N) is 6. The lowest BCUT2D eigenvalue weighted by atomic mass is 10.1. The molecule has 0 spiro atoms. The minimum absolute atomic E-state index is 0.141. The van der Waals surface area contributed by atoms with E-state index in [9.17, 15) is 4.79 Å². The molecule has 2 aromatic heterocycles. The van der Waals surface area contributed by atoms with Crippen molar-refractivity contribution in [3.05, 3.63) is 71.4 Å². The van der Waals surface area contributed by atoms with E-state index >= 15 is 0 Å². The van der Waals surface area contributed by atoms with Gasteiger partial charge in [0.25, 0.3) is 11.8 Å². The average Bonchev–Trinajstić information content (AvgIpc) is 3.38. The Kier molecular flexibility index (Phi) is 4.16. The van der Waals surface area contributed by atoms with E-state index in [1.807, 2.05) is 55.5 Å². The zero-order chi connectivity index (χ0) is 19.8. The predicted octanol–water partition coefficient (Wildman–Crippen LogP) is 2.96. The van der Waals surface area contributed by atoms with E-state index in [2.05, 4.69) is 26.5 Å². The minimum atomic E-state index is -0.141. The van der Waals surface area contributed by atoms with Crippen molar-refractivity contribution in [1.82, 2.24) is 30.0 Å². The first-order valence-electron chi connectivity index (χ1n) is 9.37. The number of benzene rings is 2. The van der Waals surface area contributed by atoms with Gasteiger partial charge in [0.15, 0.2) is 11.4 Å². The maximum absolute atomic E-state index is 13.2. The highest BCUT2D eigenvalue weighted by atomic mass is 16.5. The fourth-order valence-corrected chi connectivity index (χ4v) is 3.50. The molecule has 5 rings (SSSR count). The smallest absolute Gasteiger partial charge is 0.281 e. The van der Waals surface area contributed by atoms with E-state index in [-0.39, 0.29) is 11.8 Å². The van der Waals surface area contributed by atoms with Crippen LogP contribution in [0.3, 0.4) is 0 Å². The van der Waals surface area contributed by atoms with Crippen LogP contribution in [0.1, 0.15) is 21.6 Å². The highest BCUT2D eigenvalue weighted by Gasteiger charge is 2.32. The molecule has 0 saturated heterocycles. The first-order valence-corrected chi connectivity index (χ1v) is 9.37. The molecule has 29 heavy (non-hydrogen) atoms. The Balaban J connectivity index is 1.45. The van der Waals surface area contributed by atoms with Crippen LogP contribution in [0, 0.1) is 6.92 Å². The largest absolute Gasteiger partial charge is 0.332 e. The summed E-state index contributed by atoms with van der Waals surface area (Å²) in [7, 11) is 0. The first-order chi connectivity index (χ1) is 14.2. The Bertz CT molecular complexity index is 1180. The molecule has 0 fully saturated rings. The molecule has 144 valence electrons. The molecule has 1 aliphatic rings. The molecule has 1 amide bonds. The third kappa shape index (κ3) is 3.18. The summed E-state index contributed by atoms with van der Waals surface area (Å²) in [6, 6.07) is 17.7. The van der Waals surface area contributed by atoms with Crippen molar-refractivity contribution in [3.63, 3.8) is 0 Å². The molecule has 0 unspecified atom stereocenters. The van der Waals surface area contributed by atoms with Crippen LogP contribution in [0.25, 0.3) is 23.0 Å². The number of carbonyl (C=O) groups excluding carboxylic acids is 1. The average molecular weight is 386 g/mol. The van der Waals surface area contributed by atoms with Crippen molar-refractivity contribution in [2.75, 3.05) is 6.54 Å². The zero-order valence-corrected chi connectivity index (χ0v) is 15.8. The zero-order valence-electron chi connectivity index (χ0n) is 15.8. The molecular formula is C21H18N6O2. The summed E-state index contributed by atoms with van der Waals surface area (Å²) in [5.41, 5.74) is 3.78. The molecule has 2 aromatic carbocycles. The van der Waals surface area contributed by atoms with Gasteiger partial charge in [0, 0.05) is 18.7 Å². The van der Waals surface area contributed by atoms with Crippen LogP contribution in [-0.4, -0.2) is 42.5 Å². The quantitative estimate of drug-likeness (QED) is 0.536. The lowest BCUT2D eigenvalue weighted by Gasteiger charge is -2.27. The maximum atomic E-state index is 13.2. The van der Waals surface area contributed by atoms with Crippen molar-refractivity contribution < 1.29 is 9.32 Å². The molecule has 8 heteroatoms. The van der Waals surface area contributed by atoms with Gasteiger partial charge >= 0.3 is 0 Å². The third-order valence-corrected chi connectivity index (χ3v) is 4.92. The Hall–Kier alpha value is -3.81. The number of amides is 1. The minimum Gasteiger partial charge on any atom is -0.332 e. The summed E-state index contributed by atoms with van der Waals surface area (Å²) in [4.78, 5) is 19.4. The number of aromatic nitrogens is 5. The molecular weight excluding hydrogens is 368 g/mol. The second-order valence-electron chi connectivity index (χ2n) is 7.01. The van der Waals surface area contributed by atoms with E-state index in [1.54, 1.807) is 9.58 Å². The molecule has 3 heterocycles. The van der Waals surface area contributed by atoms with Crippen LogP contribution in [0.4, 0.5) is 0 Å². The Morgan fingerprint density at radius 1 is 1.07 bits per heavy atom. The first kappa shape index (κ1) is 17.3. The van der Waals surface area contributed by atoms with Crippen LogP contribution < -0.4 is 0 Å². The van der Waals surface area contributed by atoms with Crippen LogP contribution in [0.15, 0.2) is 59.1 Å². The van der Waals surface area contributed by atoms with Crippen LogP contribution >= 0.6 is 0 Å². The molecule has 0 radical (unpaired) electrons. The summed E-state index contributed by atoms with van der Waals surface area (Å²) >= 11 is 0. The third-order valence-electron chi connectivity index (χ3n) is 4.92. The van der Waals surface area contributed by atoms with Gasteiger partial charge in [-0.15, -0.1) is 5.10 Å². The Labute approximate surface area is 166 Å². The maximum Gasteiger partial charge on any atom is 0.281 e. The molecule has 4 aromatic rings. The van der Waals surface area contributed by atoms with E-state index in [4.69, 9.17) is 4.52 Å². The fourth-order valence-electron chi connectivity index (χ4n) is 3.50. The number of aryl methyl sites for hydroxylation is 1. The standard InChI is InChI=1S/C21H18N6O2/c1-14-6-5-7-15(12-14)13-26-10-11-27-18(21(26)28)17(23-25-27)20-22-19(24-29-20)16-8-3-2-4-9-16/h2-9,12H,10-11,13H2,1H3. The summed E-state index contributed by atoms with van der Waals surface area (Å²) in [5, 5.41) is 12.3. The van der Waals surface area contributed by atoms with Crippen molar-refractivity contribution in [2.45, 2.75) is 20.0 Å². The van der Waals surface area contributed by atoms with Crippen LogP contribution in [-0.2, 0) is 13.1 Å². The molecule has 0 bridgehead atoms. The van der Waals surface area contributed by atoms with Gasteiger partial charge in [-0.05, 0) is 12.5 Å².